The first kappa shape index (κ1) is 21.5. The van der Waals surface area contributed by atoms with Crippen LogP contribution in [0, 0.1) is 5.92 Å². The lowest BCUT2D eigenvalue weighted by molar-refractivity contribution is 0.265. The minimum atomic E-state index is 0. The van der Waals surface area contributed by atoms with Gasteiger partial charge in [0.1, 0.15) is 0 Å². The second kappa shape index (κ2) is 10.5. The number of hydrogen-bond acceptors (Lipinski definition) is 2. The third kappa shape index (κ3) is 6.41. The molecule has 0 amide bonds. The molecule has 0 spiro atoms. The monoisotopic (exact) mass is 464 g/mol. The van der Waals surface area contributed by atoms with Gasteiger partial charge < -0.3 is 10.6 Å². The zero-order chi connectivity index (χ0) is 16.8. The number of rotatable bonds is 5. The Balaban J connectivity index is 0.00000288. The third-order valence-electron chi connectivity index (χ3n) is 4.54. The summed E-state index contributed by atoms with van der Waals surface area (Å²) in [5, 5.41) is 7.76. The van der Waals surface area contributed by atoms with E-state index in [0.717, 1.165) is 37.0 Å². The highest BCUT2D eigenvalue weighted by atomic mass is 127. The summed E-state index contributed by atoms with van der Waals surface area (Å²) in [6, 6.07) is 9.07. The van der Waals surface area contributed by atoms with Crippen molar-refractivity contribution in [1.29, 1.82) is 0 Å². The van der Waals surface area contributed by atoms with Crippen molar-refractivity contribution in [2.75, 3.05) is 26.7 Å². The van der Waals surface area contributed by atoms with Crippen molar-refractivity contribution >= 4 is 41.5 Å². The first-order valence-electron chi connectivity index (χ1n) is 8.45. The first-order valence-corrected chi connectivity index (χ1v) is 8.83. The normalized spacial score (nSPS) is 21.7. The molecular weight excluding hydrogens is 435 g/mol. The lowest BCUT2D eigenvalue weighted by atomic mass is 10.1. The number of likely N-dealkylation sites (tertiary alicyclic amines) is 1. The molecule has 0 saturated carbocycles. The van der Waals surface area contributed by atoms with E-state index in [0.29, 0.717) is 18.0 Å². The minimum Gasteiger partial charge on any atom is -0.356 e. The van der Waals surface area contributed by atoms with Crippen LogP contribution in [0.5, 0.6) is 0 Å². The molecule has 0 radical (unpaired) electrons. The van der Waals surface area contributed by atoms with Crippen LogP contribution in [-0.4, -0.2) is 49.6 Å². The van der Waals surface area contributed by atoms with Gasteiger partial charge in [-0.15, -0.1) is 24.0 Å². The summed E-state index contributed by atoms with van der Waals surface area (Å²) < 4.78 is 0. The zero-order valence-corrected chi connectivity index (χ0v) is 18.1. The van der Waals surface area contributed by atoms with Gasteiger partial charge >= 0.3 is 0 Å². The van der Waals surface area contributed by atoms with Crippen molar-refractivity contribution in [2.45, 2.75) is 39.3 Å². The van der Waals surface area contributed by atoms with E-state index in [1.54, 1.807) is 0 Å². The molecule has 0 aromatic heterocycles. The average Bonchev–Trinajstić information content (AvgIpc) is 2.89. The van der Waals surface area contributed by atoms with E-state index >= 15 is 0 Å². The Morgan fingerprint density at radius 2 is 1.96 bits per heavy atom. The molecule has 1 fully saturated rings. The van der Waals surface area contributed by atoms with Gasteiger partial charge in [0, 0.05) is 43.8 Å². The lowest BCUT2D eigenvalue weighted by Crippen LogP contribution is -2.47. The molecule has 1 aliphatic rings. The van der Waals surface area contributed by atoms with Crippen LogP contribution in [0.25, 0.3) is 0 Å². The maximum atomic E-state index is 5.91. The minimum absolute atomic E-state index is 0. The average molecular weight is 465 g/mol. The molecule has 4 nitrogen and oxygen atoms in total. The Labute approximate surface area is 168 Å². The summed E-state index contributed by atoms with van der Waals surface area (Å²) in [7, 11) is 1.83. The van der Waals surface area contributed by atoms with Crippen LogP contribution < -0.4 is 10.6 Å². The van der Waals surface area contributed by atoms with E-state index in [1.165, 1.54) is 5.56 Å². The van der Waals surface area contributed by atoms with Crippen LogP contribution in [0.1, 0.15) is 26.3 Å². The van der Waals surface area contributed by atoms with Crippen LogP contribution in [0.15, 0.2) is 29.3 Å². The number of guanidine groups is 1. The summed E-state index contributed by atoms with van der Waals surface area (Å²) in [4.78, 5) is 6.87. The smallest absolute Gasteiger partial charge is 0.191 e. The molecule has 136 valence electrons. The number of nitrogens with zero attached hydrogens (tertiary/aromatic N) is 2. The molecule has 2 unspecified atom stereocenters. The standard InChI is InChI=1S/C18H29ClN4.HI/c1-13(2)23-11-14(3)17(12-23)22-18(20-4)21-10-9-15-5-7-16(19)8-6-15;/h5-8,13-14,17H,9-12H2,1-4H3,(H2,20,21,22);1H. The molecule has 6 heteroatoms. The number of hydrogen-bond donors (Lipinski definition) is 2. The first-order chi connectivity index (χ1) is 11.0. The zero-order valence-electron chi connectivity index (χ0n) is 15.1. The van der Waals surface area contributed by atoms with Gasteiger partial charge in [0.15, 0.2) is 5.96 Å². The second-order valence-electron chi connectivity index (χ2n) is 6.65. The summed E-state index contributed by atoms with van der Waals surface area (Å²) in [5.41, 5.74) is 1.28. The molecule has 2 N–H and O–H groups in total. The van der Waals surface area contributed by atoms with Crippen LogP contribution in [0.2, 0.25) is 5.02 Å². The van der Waals surface area contributed by atoms with Crippen LogP contribution in [0.3, 0.4) is 0 Å². The Kier molecular flexibility index (Phi) is 9.37. The molecule has 0 bridgehead atoms. The fraction of sp³-hybridized carbons (Fsp3) is 0.611. The number of aliphatic imine (C=N–C) groups is 1. The Morgan fingerprint density at radius 1 is 1.29 bits per heavy atom. The predicted octanol–water partition coefficient (Wildman–Crippen LogP) is 3.39. The maximum absolute atomic E-state index is 5.91. The molecular formula is C18H30ClIN4. The highest BCUT2D eigenvalue weighted by Gasteiger charge is 2.31. The van der Waals surface area contributed by atoms with Crippen LogP contribution in [0.4, 0.5) is 0 Å². The third-order valence-corrected chi connectivity index (χ3v) is 4.79. The Hall–Kier alpha value is -0.530. The van der Waals surface area contributed by atoms with E-state index in [-0.39, 0.29) is 24.0 Å². The molecule has 1 aromatic rings. The molecule has 1 aromatic carbocycles. The van der Waals surface area contributed by atoms with Gasteiger partial charge in [-0.3, -0.25) is 9.89 Å². The van der Waals surface area contributed by atoms with Gasteiger partial charge in [-0.05, 0) is 43.9 Å². The number of nitrogens with one attached hydrogen (secondary N) is 2. The van der Waals surface area contributed by atoms with Gasteiger partial charge in [0.05, 0.1) is 0 Å². The van der Waals surface area contributed by atoms with Crippen LogP contribution >= 0.6 is 35.6 Å². The summed E-state index contributed by atoms with van der Waals surface area (Å²) in [6.07, 6.45) is 0.955. The summed E-state index contributed by atoms with van der Waals surface area (Å²) in [6.45, 7) is 9.91. The quantitative estimate of drug-likeness (QED) is 0.399. The molecule has 1 saturated heterocycles. The van der Waals surface area contributed by atoms with E-state index in [2.05, 4.69) is 53.4 Å². The van der Waals surface area contributed by atoms with Crippen LogP contribution in [-0.2, 0) is 6.42 Å². The van der Waals surface area contributed by atoms with Gasteiger partial charge in [-0.1, -0.05) is 30.7 Å². The molecule has 0 aliphatic carbocycles. The highest BCUT2D eigenvalue weighted by Crippen LogP contribution is 2.18. The van der Waals surface area contributed by atoms with Crippen molar-refractivity contribution < 1.29 is 0 Å². The lowest BCUT2D eigenvalue weighted by Gasteiger charge is -2.22. The topological polar surface area (TPSA) is 39.7 Å². The van der Waals surface area contributed by atoms with Crippen molar-refractivity contribution in [3.8, 4) is 0 Å². The summed E-state index contributed by atoms with van der Waals surface area (Å²) >= 11 is 5.91. The van der Waals surface area contributed by atoms with Crippen molar-refractivity contribution in [3.05, 3.63) is 34.9 Å². The van der Waals surface area contributed by atoms with Gasteiger partial charge in [0.25, 0.3) is 0 Å². The number of benzene rings is 1. The van der Waals surface area contributed by atoms with Gasteiger partial charge in [-0.2, -0.15) is 0 Å². The van der Waals surface area contributed by atoms with E-state index in [1.807, 2.05) is 19.2 Å². The molecule has 2 rings (SSSR count). The second-order valence-corrected chi connectivity index (χ2v) is 7.09. The van der Waals surface area contributed by atoms with E-state index in [4.69, 9.17) is 11.6 Å². The van der Waals surface area contributed by atoms with E-state index < -0.39 is 0 Å². The van der Waals surface area contributed by atoms with Gasteiger partial charge in [0.2, 0.25) is 0 Å². The molecule has 1 aliphatic heterocycles. The maximum Gasteiger partial charge on any atom is 0.191 e. The Bertz CT molecular complexity index is 518. The fourth-order valence-electron chi connectivity index (χ4n) is 2.96. The van der Waals surface area contributed by atoms with E-state index in [9.17, 15) is 0 Å². The van der Waals surface area contributed by atoms with Crippen molar-refractivity contribution in [1.82, 2.24) is 15.5 Å². The molecule has 24 heavy (non-hydrogen) atoms. The van der Waals surface area contributed by atoms with Crippen molar-refractivity contribution in [2.24, 2.45) is 10.9 Å². The summed E-state index contributed by atoms with van der Waals surface area (Å²) in [5.74, 6) is 1.52. The predicted molar refractivity (Wildman–Crippen MR) is 115 cm³/mol. The highest BCUT2D eigenvalue weighted by molar-refractivity contribution is 14.0. The molecule has 1 heterocycles. The largest absolute Gasteiger partial charge is 0.356 e. The van der Waals surface area contributed by atoms with Crippen molar-refractivity contribution in [3.63, 3.8) is 0 Å². The Morgan fingerprint density at radius 3 is 2.50 bits per heavy atom. The number of halogens is 2. The van der Waals surface area contributed by atoms with Gasteiger partial charge in [-0.25, -0.2) is 0 Å². The molecule has 2 atom stereocenters. The fourth-order valence-corrected chi connectivity index (χ4v) is 3.09. The SMILES string of the molecule is CN=C(NCCc1ccc(Cl)cc1)NC1CN(C(C)C)CC1C.I.